The molecule has 90 valence electrons. The van der Waals surface area contributed by atoms with Gasteiger partial charge < -0.3 is 5.84 Å². The molecule has 0 fully saturated rings. The van der Waals surface area contributed by atoms with E-state index >= 15 is 0 Å². The second-order valence-corrected chi connectivity index (χ2v) is 3.62. The summed E-state index contributed by atoms with van der Waals surface area (Å²) in [5.74, 6) is 5.87. The molecule has 0 radical (unpaired) electrons. The van der Waals surface area contributed by atoms with Gasteiger partial charge >= 0.3 is 0 Å². The van der Waals surface area contributed by atoms with E-state index in [2.05, 4.69) is 15.6 Å². The highest BCUT2D eigenvalue weighted by Gasteiger charge is 1.99. The average molecular weight is 238 g/mol. The Morgan fingerprint density at radius 3 is 2.17 bits per heavy atom. The lowest BCUT2D eigenvalue weighted by molar-refractivity contribution is 1.01. The fourth-order valence-corrected chi connectivity index (χ4v) is 1.47. The molecule has 0 aliphatic carbocycles. The van der Waals surface area contributed by atoms with E-state index in [1.165, 1.54) is 0 Å². The van der Waals surface area contributed by atoms with Crippen molar-refractivity contribution in [1.29, 1.82) is 0 Å². The van der Waals surface area contributed by atoms with Crippen LogP contribution in [-0.2, 0) is 0 Å². The Kier molecular flexibility index (Phi) is 4.08. The number of rotatable bonds is 3. The molecule has 0 atom stereocenters. The summed E-state index contributed by atoms with van der Waals surface area (Å²) in [5.41, 5.74) is 4.73. The lowest BCUT2D eigenvalue weighted by Gasteiger charge is -2.03. The fourth-order valence-electron chi connectivity index (χ4n) is 1.47. The maximum atomic E-state index is 5.34. The zero-order valence-corrected chi connectivity index (χ0v) is 9.82. The summed E-state index contributed by atoms with van der Waals surface area (Å²) in [7, 11) is 0. The Labute approximate surface area is 106 Å². The van der Waals surface area contributed by atoms with Crippen molar-refractivity contribution < 1.29 is 0 Å². The number of nitrogens with one attached hydrogen (secondary N) is 1. The third-order valence-electron chi connectivity index (χ3n) is 2.36. The molecule has 2 rings (SSSR count). The number of nitrogens with zero attached hydrogens (tertiary/aromatic N) is 2. The van der Waals surface area contributed by atoms with Gasteiger partial charge in [0.1, 0.15) is 0 Å². The predicted octanol–water partition coefficient (Wildman–Crippen LogP) is 1.93. The number of amidine groups is 1. The Hall–Kier alpha value is -2.62. The van der Waals surface area contributed by atoms with Crippen LogP contribution in [0.3, 0.4) is 0 Å². The van der Waals surface area contributed by atoms with E-state index in [0.717, 1.165) is 11.1 Å². The fraction of sp³-hybridized carbons (Fsp3) is 0. The molecule has 0 aliphatic rings. The molecule has 4 nitrogen and oxygen atoms in total. The van der Waals surface area contributed by atoms with Gasteiger partial charge in [0.15, 0.2) is 5.84 Å². The lowest BCUT2D eigenvalue weighted by atomic mass is 10.2. The number of benzene rings is 2. The molecule has 0 unspecified atom stereocenters. The van der Waals surface area contributed by atoms with E-state index in [4.69, 9.17) is 5.84 Å². The highest BCUT2D eigenvalue weighted by Crippen LogP contribution is 1.99. The molecule has 0 bridgehead atoms. The largest absolute Gasteiger partial charge is 0.321 e. The summed E-state index contributed by atoms with van der Waals surface area (Å²) in [6, 6.07) is 19.4. The molecule has 0 heterocycles. The minimum absolute atomic E-state index is 0.530. The van der Waals surface area contributed by atoms with E-state index in [0.29, 0.717) is 5.84 Å². The Bertz CT molecular complexity index is 532. The first kappa shape index (κ1) is 11.9. The topological polar surface area (TPSA) is 62.8 Å². The summed E-state index contributed by atoms with van der Waals surface area (Å²) in [4.78, 5) is 0. The quantitative estimate of drug-likeness (QED) is 0.371. The first-order valence-electron chi connectivity index (χ1n) is 5.57. The van der Waals surface area contributed by atoms with Crippen LogP contribution in [0.1, 0.15) is 11.1 Å². The van der Waals surface area contributed by atoms with Crippen LogP contribution in [0.4, 0.5) is 0 Å². The maximum absolute atomic E-state index is 5.34. The molecule has 0 aliphatic heterocycles. The zero-order valence-electron chi connectivity index (χ0n) is 9.82. The van der Waals surface area contributed by atoms with Crippen molar-refractivity contribution in [3.8, 4) is 0 Å². The van der Waals surface area contributed by atoms with E-state index in [9.17, 15) is 0 Å². The van der Waals surface area contributed by atoms with Crippen molar-refractivity contribution in [3.63, 3.8) is 0 Å². The molecule has 0 saturated carbocycles. The van der Waals surface area contributed by atoms with Crippen molar-refractivity contribution in [2.24, 2.45) is 16.0 Å². The second-order valence-electron chi connectivity index (χ2n) is 3.62. The second kappa shape index (κ2) is 6.20. The normalized spacial score (nSPS) is 11.7. The van der Waals surface area contributed by atoms with Crippen molar-refractivity contribution in [3.05, 3.63) is 71.8 Å². The Balaban J connectivity index is 2.03. The van der Waals surface area contributed by atoms with Crippen molar-refractivity contribution in [1.82, 2.24) is 5.43 Å². The molecule has 4 heteroatoms. The van der Waals surface area contributed by atoms with E-state index in [-0.39, 0.29) is 0 Å². The monoisotopic (exact) mass is 238 g/mol. The molecule has 0 aromatic heterocycles. The van der Waals surface area contributed by atoms with E-state index < -0.39 is 0 Å². The molecule has 0 amide bonds. The van der Waals surface area contributed by atoms with Gasteiger partial charge in [0, 0.05) is 5.56 Å². The number of hydrogen-bond acceptors (Lipinski definition) is 3. The summed E-state index contributed by atoms with van der Waals surface area (Å²) in [6.07, 6.45) is 1.72. The van der Waals surface area contributed by atoms with Crippen molar-refractivity contribution in [2.45, 2.75) is 0 Å². The van der Waals surface area contributed by atoms with Crippen LogP contribution < -0.4 is 11.3 Å². The van der Waals surface area contributed by atoms with Gasteiger partial charge in [-0.25, -0.2) is 0 Å². The third kappa shape index (κ3) is 3.18. The molecule has 2 aromatic rings. The minimum Gasteiger partial charge on any atom is -0.321 e. The van der Waals surface area contributed by atoms with E-state index in [1.54, 1.807) is 6.21 Å². The van der Waals surface area contributed by atoms with Gasteiger partial charge in [0.05, 0.1) is 6.21 Å². The van der Waals surface area contributed by atoms with Crippen LogP contribution in [0, 0.1) is 0 Å². The molecule has 18 heavy (non-hydrogen) atoms. The Morgan fingerprint density at radius 1 is 0.944 bits per heavy atom. The van der Waals surface area contributed by atoms with Crippen LogP contribution in [0.2, 0.25) is 0 Å². The smallest absolute Gasteiger partial charge is 0.173 e. The first-order valence-corrected chi connectivity index (χ1v) is 5.57. The van der Waals surface area contributed by atoms with Gasteiger partial charge in [-0.3, -0.25) is 5.43 Å². The van der Waals surface area contributed by atoms with Crippen LogP contribution in [0.15, 0.2) is 70.9 Å². The standard InChI is InChI=1S/C14H14N4/c15-17-14(13-9-5-2-6-10-13)18-16-11-12-7-3-1-4-8-12/h1-11H,15H2,(H,17,18)/b16-11+. The van der Waals surface area contributed by atoms with Crippen molar-refractivity contribution in [2.75, 3.05) is 0 Å². The van der Waals surface area contributed by atoms with Gasteiger partial charge in [-0.1, -0.05) is 60.7 Å². The predicted molar refractivity (Wildman–Crippen MR) is 74.3 cm³/mol. The van der Waals surface area contributed by atoms with Gasteiger partial charge in [0.25, 0.3) is 0 Å². The van der Waals surface area contributed by atoms with Crippen molar-refractivity contribution >= 4 is 12.1 Å². The highest BCUT2D eigenvalue weighted by molar-refractivity contribution is 5.98. The molecule has 0 spiro atoms. The van der Waals surface area contributed by atoms with Gasteiger partial charge in [-0.15, -0.1) is 0 Å². The highest BCUT2D eigenvalue weighted by atomic mass is 15.3. The SMILES string of the molecule is NN=C(N/N=C/c1ccccc1)c1ccccc1. The molecule has 2 aromatic carbocycles. The zero-order chi connectivity index (χ0) is 12.6. The number of hydrogen-bond donors (Lipinski definition) is 2. The third-order valence-corrected chi connectivity index (χ3v) is 2.36. The number of nitrogens with two attached hydrogens (primary N) is 1. The first-order chi connectivity index (χ1) is 8.90. The van der Waals surface area contributed by atoms with Crippen LogP contribution in [-0.4, -0.2) is 12.1 Å². The van der Waals surface area contributed by atoms with Gasteiger partial charge in [-0.2, -0.15) is 10.2 Å². The van der Waals surface area contributed by atoms with Crippen LogP contribution in [0.25, 0.3) is 0 Å². The lowest BCUT2D eigenvalue weighted by Crippen LogP contribution is -2.20. The van der Waals surface area contributed by atoms with Crippen LogP contribution >= 0.6 is 0 Å². The van der Waals surface area contributed by atoms with Crippen LogP contribution in [0.5, 0.6) is 0 Å². The number of hydrazone groups is 2. The average Bonchev–Trinajstić information content (AvgIpc) is 2.46. The van der Waals surface area contributed by atoms with E-state index in [1.807, 2.05) is 60.7 Å². The Morgan fingerprint density at radius 2 is 1.56 bits per heavy atom. The molecule has 3 N–H and O–H groups in total. The van der Waals surface area contributed by atoms with Gasteiger partial charge in [0.2, 0.25) is 0 Å². The molecular weight excluding hydrogens is 224 g/mol. The van der Waals surface area contributed by atoms with Gasteiger partial charge in [-0.05, 0) is 5.56 Å². The summed E-state index contributed by atoms with van der Waals surface area (Å²) < 4.78 is 0. The molecule has 0 saturated heterocycles. The summed E-state index contributed by atoms with van der Waals surface area (Å²) >= 11 is 0. The molecular formula is C14H14N4. The maximum Gasteiger partial charge on any atom is 0.173 e. The minimum atomic E-state index is 0.530. The summed E-state index contributed by atoms with van der Waals surface area (Å²) in [5, 5.41) is 7.78. The summed E-state index contributed by atoms with van der Waals surface area (Å²) in [6.45, 7) is 0.